The lowest BCUT2D eigenvalue weighted by molar-refractivity contribution is 0.216. The zero-order valence-electron chi connectivity index (χ0n) is 15.9. The number of benzene rings is 1. The summed E-state index contributed by atoms with van der Waals surface area (Å²) in [5.41, 5.74) is 4.73. The number of fused-ring (bicyclic) bond motifs is 1. The van der Waals surface area contributed by atoms with Crippen LogP contribution in [0.25, 0.3) is 21.3 Å². The van der Waals surface area contributed by atoms with Crippen molar-refractivity contribution in [3.63, 3.8) is 0 Å². The van der Waals surface area contributed by atoms with E-state index in [4.69, 9.17) is 4.98 Å². The van der Waals surface area contributed by atoms with Crippen LogP contribution >= 0.6 is 11.3 Å². The lowest BCUT2D eigenvalue weighted by Crippen LogP contribution is -2.36. The summed E-state index contributed by atoms with van der Waals surface area (Å²) in [4.78, 5) is 21.5. The van der Waals surface area contributed by atoms with Gasteiger partial charge >= 0.3 is 0 Å². The fraction of sp³-hybridized carbons (Fsp3) is 0.429. The summed E-state index contributed by atoms with van der Waals surface area (Å²) in [7, 11) is 2.14. The predicted octanol–water partition coefficient (Wildman–Crippen LogP) is 4.32. The van der Waals surface area contributed by atoms with Gasteiger partial charge in [0.1, 0.15) is 10.7 Å². The van der Waals surface area contributed by atoms with Gasteiger partial charge in [-0.25, -0.2) is 4.98 Å². The average Bonchev–Trinajstić information content (AvgIpc) is 3.00. The van der Waals surface area contributed by atoms with Crippen molar-refractivity contribution in [2.45, 2.75) is 39.7 Å². The van der Waals surface area contributed by atoms with Crippen molar-refractivity contribution in [2.24, 2.45) is 0 Å². The first-order chi connectivity index (χ1) is 12.5. The molecule has 0 N–H and O–H groups in total. The first kappa shape index (κ1) is 17.4. The van der Waals surface area contributed by atoms with Gasteiger partial charge in [0.05, 0.1) is 5.39 Å². The van der Waals surface area contributed by atoms with Crippen LogP contribution in [-0.2, 0) is 0 Å². The van der Waals surface area contributed by atoms with E-state index in [1.165, 1.54) is 11.1 Å². The average molecular weight is 368 g/mol. The molecule has 1 aromatic carbocycles. The molecule has 1 aliphatic rings. The number of rotatable bonds is 2. The van der Waals surface area contributed by atoms with Gasteiger partial charge in [0.25, 0.3) is 5.56 Å². The second-order valence-corrected chi connectivity index (χ2v) is 8.37. The number of aryl methyl sites for hydroxylation is 3. The van der Waals surface area contributed by atoms with E-state index in [2.05, 4.69) is 49.4 Å². The van der Waals surface area contributed by atoms with Crippen LogP contribution in [0.4, 0.5) is 0 Å². The van der Waals surface area contributed by atoms with E-state index in [1.54, 1.807) is 11.3 Å². The quantitative estimate of drug-likeness (QED) is 0.677. The van der Waals surface area contributed by atoms with Crippen molar-refractivity contribution in [1.82, 2.24) is 14.5 Å². The maximum Gasteiger partial charge on any atom is 0.263 e. The molecule has 5 heteroatoms. The van der Waals surface area contributed by atoms with Gasteiger partial charge in [-0.15, -0.1) is 11.3 Å². The second-order valence-electron chi connectivity index (χ2n) is 7.52. The number of aromatic nitrogens is 2. The summed E-state index contributed by atoms with van der Waals surface area (Å²) < 4.78 is 1.95. The molecular formula is C21H25N3OS. The van der Waals surface area contributed by atoms with E-state index in [-0.39, 0.29) is 11.6 Å². The minimum absolute atomic E-state index is 0.123. The maximum atomic E-state index is 13.5. The summed E-state index contributed by atoms with van der Waals surface area (Å²) in [5, 5.41) is 2.88. The van der Waals surface area contributed by atoms with Gasteiger partial charge in [-0.3, -0.25) is 9.36 Å². The topological polar surface area (TPSA) is 38.1 Å². The van der Waals surface area contributed by atoms with Crippen LogP contribution in [0.1, 0.15) is 35.8 Å². The molecule has 0 unspecified atom stereocenters. The molecule has 4 rings (SSSR count). The first-order valence-corrected chi connectivity index (χ1v) is 10.1. The lowest BCUT2D eigenvalue weighted by atomic mass is 9.99. The van der Waals surface area contributed by atoms with E-state index in [1.807, 2.05) is 11.5 Å². The Morgan fingerprint density at radius 3 is 2.54 bits per heavy atom. The molecule has 0 bridgehead atoms. The summed E-state index contributed by atoms with van der Waals surface area (Å²) in [5.74, 6) is 0.839. The smallest absolute Gasteiger partial charge is 0.263 e. The fourth-order valence-corrected chi connectivity index (χ4v) is 5.08. The van der Waals surface area contributed by atoms with Crippen molar-refractivity contribution in [3.05, 3.63) is 50.9 Å². The third kappa shape index (κ3) is 2.89. The third-order valence-electron chi connectivity index (χ3n) is 5.54. The van der Waals surface area contributed by atoms with Gasteiger partial charge in [0.15, 0.2) is 0 Å². The molecule has 0 atom stereocenters. The van der Waals surface area contributed by atoms with E-state index in [9.17, 15) is 4.79 Å². The Balaban J connectivity index is 1.90. The Morgan fingerprint density at radius 2 is 1.85 bits per heavy atom. The molecule has 3 aromatic rings. The Kier molecular flexibility index (Phi) is 4.45. The third-order valence-corrected chi connectivity index (χ3v) is 6.41. The number of nitrogens with zero attached hydrogens (tertiary/aromatic N) is 3. The van der Waals surface area contributed by atoms with E-state index < -0.39 is 0 Å². The van der Waals surface area contributed by atoms with Crippen LogP contribution in [-0.4, -0.2) is 34.6 Å². The molecule has 4 nitrogen and oxygen atoms in total. The summed E-state index contributed by atoms with van der Waals surface area (Å²) in [6.45, 7) is 8.24. The van der Waals surface area contributed by atoms with Crippen molar-refractivity contribution in [3.8, 4) is 11.1 Å². The fourth-order valence-electron chi connectivity index (χ4n) is 4.10. The molecule has 1 fully saturated rings. The van der Waals surface area contributed by atoms with Gasteiger partial charge in [-0.1, -0.05) is 23.8 Å². The SMILES string of the molecule is Cc1ccc(-c2csc3nc(C)n(C4CCN(C)CC4)c(=O)c23)c(C)c1. The van der Waals surface area contributed by atoms with Crippen LogP contribution in [0.5, 0.6) is 0 Å². The molecule has 0 amide bonds. The Morgan fingerprint density at radius 1 is 1.12 bits per heavy atom. The highest BCUT2D eigenvalue weighted by molar-refractivity contribution is 7.17. The highest BCUT2D eigenvalue weighted by Gasteiger charge is 2.24. The van der Waals surface area contributed by atoms with Crippen molar-refractivity contribution < 1.29 is 0 Å². The number of hydrogen-bond donors (Lipinski definition) is 0. The van der Waals surface area contributed by atoms with Gasteiger partial charge in [-0.05, 0) is 64.9 Å². The van der Waals surface area contributed by atoms with Crippen LogP contribution in [0, 0.1) is 20.8 Å². The Labute approximate surface area is 158 Å². The maximum absolute atomic E-state index is 13.5. The summed E-state index contributed by atoms with van der Waals surface area (Å²) >= 11 is 1.57. The van der Waals surface area contributed by atoms with Gasteiger partial charge in [0, 0.05) is 17.0 Å². The largest absolute Gasteiger partial charge is 0.306 e. The highest BCUT2D eigenvalue weighted by Crippen LogP contribution is 2.34. The van der Waals surface area contributed by atoms with Crippen LogP contribution in [0.3, 0.4) is 0 Å². The zero-order chi connectivity index (χ0) is 18.4. The van der Waals surface area contributed by atoms with Crippen molar-refractivity contribution in [1.29, 1.82) is 0 Å². The predicted molar refractivity (Wildman–Crippen MR) is 109 cm³/mol. The summed E-state index contributed by atoms with van der Waals surface area (Å²) in [6, 6.07) is 6.67. The highest BCUT2D eigenvalue weighted by atomic mass is 32.1. The molecule has 136 valence electrons. The Bertz CT molecular complexity index is 1030. The Hall–Kier alpha value is -1.98. The van der Waals surface area contributed by atoms with E-state index in [0.29, 0.717) is 0 Å². The number of piperidine rings is 1. The zero-order valence-corrected chi connectivity index (χ0v) is 16.7. The van der Waals surface area contributed by atoms with Gasteiger partial charge in [-0.2, -0.15) is 0 Å². The van der Waals surface area contributed by atoms with Gasteiger partial charge < -0.3 is 4.90 Å². The molecule has 0 spiro atoms. The molecule has 26 heavy (non-hydrogen) atoms. The molecule has 1 saturated heterocycles. The lowest BCUT2D eigenvalue weighted by Gasteiger charge is -2.31. The van der Waals surface area contributed by atoms with Crippen LogP contribution < -0.4 is 5.56 Å². The van der Waals surface area contributed by atoms with Crippen LogP contribution in [0.2, 0.25) is 0 Å². The molecular weight excluding hydrogens is 342 g/mol. The molecule has 0 aliphatic carbocycles. The first-order valence-electron chi connectivity index (χ1n) is 9.22. The monoisotopic (exact) mass is 367 g/mol. The number of thiophene rings is 1. The summed E-state index contributed by atoms with van der Waals surface area (Å²) in [6.07, 6.45) is 2.01. The molecule has 3 heterocycles. The van der Waals surface area contributed by atoms with Gasteiger partial charge in [0.2, 0.25) is 0 Å². The second kappa shape index (κ2) is 6.63. The minimum atomic E-state index is 0.123. The molecule has 2 aromatic heterocycles. The standard InChI is InChI=1S/C21H25N3OS/c1-13-5-6-17(14(2)11-13)18-12-26-20-19(18)21(25)24(15(3)22-20)16-7-9-23(4)10-8-16/h5-6,11-12,16H,7-10H2,1-4H3. The number of likely N-dealkylation sites (tertiary alicyclic amines) is 1. The van der Waals surface area contributed by atoms with E-state index in [0.717, 1.165) is 53.1 Å². The molecule has 0 saturated carbocycles. The minimum Gasteiger partial charge on any atom is -0.306 e. The van der Waals surface area contributed by atoms with Crippen molar-refractivity contribution in [2.75, 3.05) is 20.1 Å². The normalized spacial score (nSPS) is 16.5. The number of hydrogen-bond acceptors (Lipinski definition) is 4. The van der Waals surface area contributed by atoms with E-state index >= 15 is 0 Å². The van der Waals surface area contributed by atoms with Crippen LogP contribution in [0.15, 0.2) is 28.4 Å². The molecule has 0 radical (unpaired) electrons. The molecule has 1 aliphatic heterocycles. The van der Waals surface area contributed by atoms with Crippen molar-refractivity contribution >= 4 is 21.6 Å².